The summed E-state index contributed by atoms with van der Waals surface area (Å²) in [7, 11) is -2.83. The van der Waals surface area contributed by atoms with Gasteiger partial charge in [-0.3, -0.25) is 4.68 Å². The SMILES string of the molecule is Cn1nccc1-c1cc(OC(F)(F)F)ccc1Oc1ccc(-c2nccs2)c(S(N)(=O)=O)c1C#N. The number of thiazole rings is 1. The smallest absolute Gasteiger partial charge is 0.455 e. The van der Waals surface area contributed by atoms with E-state index in [1.807, 2.05) is 0 Å². The average Bonchev–Trinajstić information content (AvgIpc) is 3.44. The van der Waals surface area contributed by atoms with E-state index in [-0.39, 0.29) is 28.2 Å². The van der Waals surface area contributed by atoms with E-state index < -0.39 is 27.0 Å². The largest absolute Gasteiger partial charge is 0.573 e. The second-order valence-corrected chi connectivity index (χ2v) is 9.35. The molecular weight excluding hydrogens is 507 g/mol. The summed E-state index contributed by atoms with van der Waals surface area (Å²) in [5.74, 6) is -0.669. The van der Waals surface area contributed by atoms with Crippen LogP contribution in [-0.4, -0.2) is 29.5 Å². The molecule has 0 spiro atoms. The van der Waals surface area contributed by atoms with Crippen molar-refractivity contribution in [3.8, 4) is 45.1 Å². The fourth-order valence-corrected chi connectivity index (χ4v) is 4.96. The highest BCUT2D eigenvalue weighted by atomic mass is 32.2. The number of nitrogens with two attached hydrogens (primary N) is 1. The van der Waals surface area contributed by atoms with Crippen LogP contribution >= 0.6 is 11.3 Å². The third kappa shape index (κ3) is 5.11. The molecule has 4 rings (SSSR count). The maximum Gasteiger partial charge on any atom is 0.573 e. The van der Waals surface area contributed by atoms with Crippen molar-refractivity contribution < 1.29 is 31.1 Å². The number of hydrogen-bond donors (Lipinski definition) is 1. The Morgan fingerprint density at radius 1 is 1.11 bits per heavy atom. The van der Waals surface area contributed by atoms with E-state index in [0.29, 0.717) is 10.7 Å². The highest BCUT2D eigenvalue weighted by molar-refractivity contribution is 7.89. The highest BCUT2D eigenvalue weighted by Crippen LogP contribution is 2.41. The molecule has 180 valence electrons. The van der Waals surface area contributed by atoms with E-state index in [1.165, 1.54) is 41.3 Å². The van der Waals surface area contributed by atoms with Crippen molar-refractivity contribution in [3.63, 3.8) is 0 Å². The summed E-state index contributed by atoms with van der Waals surface area (Å²) in [4.78, 5) is 3.60. The highest BCUT2D eigenvalue weighted by Gasteiger charge is 2.32. The van der Waals surface area contributed by atoms with Crippen LogP contribution in [0.2, 0.25) is 0 Å². The molecule has 0 amide bonds. The maximum absolute atomic E-state index is 12.8. The molecule has 2 aromatic carbocycles. The Kier molecular flexibility index (Phi) is 6.24. The van der Waals surface area contributed by atoms with E-state index in [1.54, 1.807) is 18.5 Å². The summed E-state index contributed by atoms with van der Waals surface area (Å²) in [6, 6.07) is 9.41. The molecule has 2 N–H and O–H groups in total. The third-order valence-electron chi connectivity index (χ3n) is 4.68. The van der Waals surface area contributed by atoms with Crippen molar-refractivity contribution in [2.45, 2.75) is 11.3 Å². The molecule has 4 aromatic rings. The molecule has 2 aromatic heterocycles. The van der Waals surface area contributed by atoms with E-state index in [4.69, 9.17) is 9.88 Å². The van der Waals surface area contributed by atoms with Crippen molar-refractivity contribution in [1.29, 1.82) is 5.26 Å². The molecule has 0 unspecified atom stereocenters. The van der Waals surface area contributed by atoms with Gasteiger partial charge in [-0.05, 0) is 36.4 Å². The number of benzene rings is 2. The fourth-order valence-electron chi connectivity index (χ4n) is 3.33. The van der Waals surface area contributed by atoms with Crippen LogP contribution in [0.1, 0.15) is 5.56 Å². The average molecular weight is 522 g/mol. The minimum Gasteiger partial charge on any atom is -0.455 e. The minimum absolute atomic E-state index is 0.0157. The van der Waals surface area contributed by atoms with Gasteiger partial charge in [0.2, 0.25) is 10.0 Å². The number of hydrogen-bond acceptors (Lipinski definition) is 8. The molecule has 0 aliphatic carbocycles. The molecule has 0 saturated heterocycles. The molecule has 0 fully saturated rings. The van der Waals surface area contributed by atoms with Crippen LogP contribution in [0.4, 0.5) is 13.2 Å². The Balaban J connectivity index is 1.88. The normalized spacial score (nSPS) is 11.8. The summed E-state index contributed by atoms with van der Waals surface area (Å²) < 4.78 is 74.4. The summed E-state index contributed by atoms with van der Waals surface area (Å²) in [6.07, 6.45) is -2.02. The number of nitriles is 1. The second kappa shape index (κ2) is 9.02. The van der Waals surface area contributed by atoms with Crippen LogP contribution in [0, 0.1) is 11.3 Å². The molecular formula is C21H14F3N5O4S2. The molecule has 9 nitrogen and oxygen atoms in total. The molecule has 0 aliphatic heterocycles. The third-order valence-corrected chi connectivity index (χ3v) is 6.48. The Bertz CT molecular complexity index is 1540. The minimum atomic E-state index is -4.92. The van der Waals surface area contributed by atoms with Crippen molar-refractivity contribution in [3.05, 3.63) is 59.7 Å². The monoisotopic (exact) mass is 521 g/mol. The van der Waals surface area contributed by atoms with Gasteiger partial charge in [0.05, 0.1) is 5.69 Å². The van der Waals surface area contributed by atoms with Crippen molar-refractivity contribution in [2.75, 3.05) is 0 Å². The van der Waals surface area contributed by atoms with E-state index >= 15 is 0 Å². The number of ether oxygens (including phenoxy) is 2. The summed E-state index contributed by atoms with van der Waals surface area (Å²) in [6.45, 7) is 0. The van der Waals surface area contributed by atoms with Crippen LogP contribution in [0.5, 0.6) is 17.2 Å². The van der Waals surface area contributed by atoms with E-state index in [9.17, 15) is 26.9 Å². The zero-order valence-electron chi connectivity index (χ0n) is 17.6. The maximum atomic E-state index is 12.8. The number of nitrogens with zero attached hydrogens (tertiary/aromatic N) is 4. The van der Waals surface area contributed by atoms with Crippen molar-refractivity contribution >= 4 is 21.4 Å². The Hall–Kier alpha value is -3.93. The molecule has 0 aliphatic rings. The Morgan fingerprint density at radius 3 is 2.43 bits per heavy atom. The van der Waals surface area contributed by atoms with Crippen LogP contribution < -0.4 is 14.6 Å². The lowest BCUT2D eigenvalue weighted by Crippen LogP contribution is -2.17. The predicted octanol–water partition coefficient (Wildman–Crippen LogP) is 4.42. The predicted molar refractivity (Wildman–Crippen MR) is 119 cm³/mol. The van der Waals surface area contributed by atoms with Gasteiger partial charge in [0.1, 0.15) is 38.8 Å². The van der Waals surface area contributed by atoms with Gasteiger partial charge in [-0.15, -0.1) is 24.5 Å². The standard InChI is InChI=1S/C21H14F3N5O4S2/c1-29-16(6-7-28-29)14-10-12(33-21(22,23)24)2-4-17(14)32-18-5-3-13(20-27-8-9-34-20)19(15(18)11-25)35(26,30)31/h2-10H,1H3,(H2,26,30,31). The number of rotatable bonds is 6. The van der Waals surface area contributed by atoms with Gasteiger partial charge >= 0.3 is 6.36 Å². The Morgan fingerprint density at radius 2 is 1.86 bits per heavy atom. The lowest BCUT2D eigenvalue weighted by Gasteiger charge is -2.17. The number of sulfonamides is 1. The number of aromatic nitrogens is 3. The molecule has 0 atom stereocenters. The quantitative estimate of drug-likeness (QED) is 0.397. The number of aryl methyl sites for hydroxylation is 1. The molecule has 0 radical (unpaired) electrons. The van der Waals surface area contributed by atoms with E-state index in [0.717, 1.165) is 23.5 Å². The van der Waals surface area contributed by atoms with Gasteiger partial charge in [0.25, 0.3) is 0 Å². The van der Waals surface area contributed by atoms with Crippen LogP contribution in [0.15, 0.2) is 59.1 Å². The van der Waals surface area contributed by atoms with Crippen molar-refractivity contribution in [1.82, 2.24) is 14.8 Å². The van der Waals surface area contributed by atoms with E-state index in [2.05, 4.69) is 14.8 Å². The lowest BCUT2D eigenvalue weighted by atomic mass is 10.1. The lowest BCUT2D eigenvalue weighted by molar-refractivity contribution is -0.274. The molecule has 0 saturated carbocycles. The number of halogens is 3. The van der Waals surface area contributed by atoms with Crippen LogP contribution in [0.25, 0.3) is 21.8 Å². The molecule has 14 heteroatoms. The van der Waals surface area contributed by atoms with Gasteiger partial charge in [-0.2, -0.15) is 10.4 Å². The summed E-state index contributed by atoms with van der Waals surface area (Å²) >= 11 is 1.15. The molecule has 2 heterocycles. The fraction of sp³-hybridized carbons (Fsp3) is 0.0952. The van der Waals surface area contributed by atoms with Gasteiger partial charge in [0.15, 0.2) is 0 Å². The zero-order chi connectivity index (χ0) is 25.4. The van der Waals surface area contributed by atoms with Crippen LogP contribution in [-0.2, 0) is 17.1 Å². The molecule has 0 bridgehead atoms. The van der Waals surface area contributed by atoms with Gasteiger partial charge in [-0.25, -0.2) is 18.5 Å². The van der Waals surface area contributed by atoms with Gasteiger partial charge in [0, 0.05) is 35.9 Å². The Labute approximate surface area is 200 Å². The van der Waals surface area contributed by atoms with Crippen molar-refractivity contribution in [2.24, 2.45) is 12.2 Å². The number of alkyl halides is 3. The summed E-state index contributed by atoms with van der Waals surface area (Å²) in [5, 5.41) is 21.2. The topological polar surface area (TPSA) is 133 Å². The number of primary sulfonamides is 1. The molecule has 35 heavy (non-hydrogen) atoms. The second-order valence-electron chi connectivity index (χ2n) is 6.96. The van der Waals surface area contributed by atoms with Gasteiger partial charge < -0.3 is 9.47 Å². The zero-order valence-corrected chi connectivity index (χ0v) is 19.3. The van der Waals surface area contributed by atoms with Crippen LogP contribution in [0.3, 0.4) is 0 Å². The first-order chi connectivity index (χ1) is 16.5. The first-order valence-electron chi connectivity index (χ1n) is 9.53. The first-order valence-corrected chi connectivity index (χ1v) is 12.0. The van der Waals surface area contributed by atoms with Gasteiger partial charge in [-0.1, -0.05) is 0 Å². The summed E-state index contributed by atoms with van der Waals surface area (Å²) in [5.41, 5.74) is 0.257. The first kappa shape index (κ1) is 24.2.